The molecule has 0 amide bonds. The van der Waals surface area contributed by atoms with E-state index in [9.17, 15) is 8.42 Å². The summed E-state index contributed by atoms with van der Waals surface area (Å²) in [4.78, 5) is 0. The Morgan fingerprint density at radius 2 is 1.96 bits per heavy atom. The molecule has 6 heteroatoms. The molecular formula is C17H21BrN2O2S. The van der Waals surface area contributed by atoms with Crippen LogP contribution in [0.4, 0.5) is 0 Å². The van der Waals surface area contributed by atoms with Gasteiger partial charge in [-0.3, -0.25) is 0 Å². The predicted molar refractivity (Wildman–Crippen MR) is 97.8 cm³/mol. The van der Waals surface area contributed by atoms with Gasteiger partial charge in [0.05, 0.1) is 5.69 Å². The Bertz CT molecular complexity index is 795. The predicted octanol–water partition coefficient (Wildman–Crippen LogP) is 4.07. The maximum atomic E-state index is 13.1. The van der Waals surface area contributed by atoms with Gasteiger partial charge in [-0.15, -0.1) is 6.58 Å². The molecule has 1 heterocycles. The lowest BCUT2D eigenvalue weighted by molar-refractivity contribution is 0.572. The molecule has 0 aliphatic rings. The van der Waals surface area contributed by atoms with Gasteiger partial charge in [-0.05, 0) is 40.9 Å². The van der Waals surface area contributed by atoms with Crippen molar-refractivity contribution in [1.29, 1.82) is 0 Å². The molecule has 124 valence electrons. The van der Waals surface area contributed by atoms with E-state index < -0.39 is 15.3 Å². The molecule has 0 bridgehead atoms. The average Bonchev–Trinajstić information content (AvgIpc) is 2.92. The fourth-order valence-corrected chi connectivity index (χ4v) is 4.74. The van der Waals surface area contributed by atoms with Crippen molar-refractivity contribution in [2.24, 2.45) is 5.73 Å². The number of aromatic nitrogens is 1. The van der Waals surface area contributed by atoms with Gasteiger partial charge in [0.2, 0.25) is 10.0 Å². The molecule has 2 aromatic rings. The van der Waals surface area contributed by atoms with Gasteiger partial charge >= 0.3 is 0 Å². The van der Waals surface area contributed by atoms with E-state index in [4.69, 9.17) is 5.73 Å². The van der Waals surface area contributed by atoms with Crippen molar-refractivity contribution in [3.8, 4) is 0 Å². The first-order valence-corrected chi connectivity index (χ1v) is 9.67. The maximum Gasteiger partial charge on any atom is 0.249 e. The molecule has 23 heavy (non-hydrogen) atoms. The fourth-order valence-electron chi connectivity index (χ4n) is 2.44. The van der Waals surface area contributed by atoms with Crippen molar-refractivity contribution in [1.82, 2.24) is 3.97 Å². The minimum atomic E-state index is -3.69. The molecule has 0 saturated carbocycles. The Morgan fingerprint density at radius 1 is 1.35 bits per heavy atom. The summed E-state index contributed by atoms with van der Waals surface area (Å²) in [5.74, 6) is 0. The third kappa shape index (κ3) is 3.59. The van der Waals surface area contributed by atoms with Crippen LogP contribution in [0.15, 0.2) is 53.7 Å². The van der Waals surface area contributed by atoms with Crippen molar-refractivity contribution < 1.29 is 8.42 Å². The molecule has 0 aliphatic carbocycles. The molecule has 0 spiro atoms. The molecule has 1 unspecified atom stereocenters. The van der Waals surface area contributed by atoms with E-state index in [0.29, 0.717) is 22.2 Å². The Hall–Kier alpha value is -1.37. The van der Waals surface area contributed by atoms with Gasteiger partial charge in [0.1, 0.15) is 5.25 Å². The second kappa shape index (κ2) is 7.03. The van der Waals surface area contributed by atoms with E-state index >= 15 is 0 Å². The van der Waals surface area contributed by atoms with E-state index in [0.717, 1.165) is 5.56 Å². The molecule has 0 aliphatic heterocycles. The lowest BCUT2D eigenvalue weighted by atomic mass is 10.1. The van der Waals surface area contributed by atoms with Gasteiger partial charge in [-0.2, -0.15) is 0 Å². The highest BCUT2D eigenvalue weighted by atomic mass is 79.9. The van der Waals surface area contributed by atoms with Gasteiger partial charge < -0.3 is 5.73 Å². The summed E-state index contributed by atoms with van der Waals surface area (Å²) in [7, 11) is -3.69. The molecule has 0 fully saturated rings. The van der Waals surface area contributed by atoms with Crippen LogP contribution in [0.3, 0.4) is 0 Å². The van der Waals surface area contributed by atoms with E-state index in [2.05, 4.69) is 22.5 Å². The molecule has 2 atom stereocenters. The van der Waals surface area contributed by atoms with E-state index in [1.807, 2.05) is 38.1 Å². The zero-order valence-electron chi connectivity index (χ0n) is 13.2. The molecule has 2 rings (SSSR count). The third-order valence-corrected chi connectivity index (χ3v) is 6.22. The van der Waals surface area contributed by atoms with Gasteiger partial charge in [0, 0.05) is 16.7 Å². The van der Waals surface area contributed by atoms with Crippen LogP contribution in [0.25, 0.3) is 0 Å². The summed E-state index contributed by atoms with van der Waals surface area (Å²) in [5, 5.41) is -0.829. The van der Waals surface area contributed by atoms with Crippen LogP contribution in [0.1, 0.15) is 41.5 Å². The van der Waals surface area contributed by atoms with E-state index in [-0.39, 0.29) is 6.04 Å². The number of aryl methyl sites for hydroxylation is 1. The summed E-state index contributed by atoms with van der Waals surface area (Å²) in [6, 6.07) is 8.83. The number of hydrogen-bond acceptors (Lipinski definition) is 3. The summed E-state index contributed by atoms with van der Waals surface area (Å²) in [5.41, 5.74) is 8.40. The van der Waals surface area contributed by atoms with Crippen LogP contribution in [0, 0.1) is 6.92 Å². The normalized spacial score (nSPS) is 14.4. The van der Waals surface area contributed by atoms with Gasteiger partial charge in [0.25, 0.3) is 0 Å². The number of nitrogens with zero attached hydrogens (tertiary/aromatic N) is 1. The van der Waals surface area contributed by atoms with Crippen LogP contribution < -0.4 is 5.73 Å². The fraction of sp³-hybridized carbons (Fsp3) is 0.294. The van der Waals surface area contributed by atoms with Crippen LogP contribution in [0.5, 0.6) is 0 Å². The highest BCUT2D eigenvalue weighted by molar-refractivity contribution is 9.10. The first-order chi connectivity index (χ1) is 10.8. The zero-order valence-corrected chi connectivity index (χ0v) is 15.6. The van der Waals surface area contributed by atoms with Crippen LogP contribution >= 0.6 is 15.9 Å². The quantitative estimate of drug-likeness (QED) is 0.748. The minimum absolute atomic E-state index is 0.348. The zero-order chi connectivity index (χ0) is 17.2. The number of benzene rings is 1. The highest BCUT2D eigenvalue weighted by Gasteiger charge is 2.29. The van der Waals surface area contributed by atoms with Crippen molar-refractivity contribution >= 4 is 26.0 Å². The monoisotopic (exact) mass is 396 g/mol. The van der Waals surface area contributed by atoms with Crippen LogP contribution in [-0.4, -0.2) is 12.4 Å². The van der Waals surface area contributed by atoms with Crippen molar-refractivity contribution in [2.45, 2.75) is 31.6 Å². The second-order valence-electron chi connectivity index (χ2n) is 5.51. The molecule has 1 aromatic heterocycles. The Kier molecular flexibility index (Phi) is 5.49. The molecule has 1 aromatic carbocycles. The molecule has 4 nitrogen and oxygen atoms in total. The Balaban J connectivity index is 2.56. The van der Waals surface area contributed by atoms with Crippen LogP contribution in [-0.2, 0) is 10.0 Å². The summed E-state index contributed by atoms with van der Waals surface area (Å²) in [6.07, 6.45) is 3.65. The van der Waals surface area contributed by atoms with Crippen LogP contribution in [0.2, 0.25) is 0 Å². The minimum Gasteiger partial charge on any atom is -0.323 e. The number of nitrogens with two attached hydrogens (primary N) is 1. The number of rotatable bonds is 6. The average molecular weight is 397 g/mol. The smallest absolute Gasteiger partial charge is 0.249 e. The Morgan fingerprint density at radius 3 is 2.48 bits per heavy atom. The third-order valence-electron chi connectivity index (χ3n) is 3.82. The van der Waals surface area contributed by atoms with Gasteiger partial charge in [0.15, 0.2) is 0 Å². The molecule has 2 N–H and O–H groups in total. The molecular weight excluding hydrogens is 376 g/mol. The largest absolute Gasteiger partial charge is 0.323 e. The topological polar surface area (TPSA) is 65.1 Å². The summed E-state index contributed by atoms with van der Waals surface area (Å²) < 4.78 is 28.2. The summed E-state index contributed by atoms with van der Waals surface area (Å²) >= 11 is 3.34. The van der Waals surface area contributed by atoms with Crippen molar-refractivity contribution in [3.63, 3.8) is 0 Å². The summed E-state index contributed by atoms with van der Waals surface area (Å²) in [6.45, 7) is 7.60. The van der Waals surface area contributed by atoms with Crippen molar-refractivity contribution in [2.75, 3.05) is 0 Å². The highest BCUT2D eigenvalue weighted by Crippen LogP contribution is 2.31. The number of hydrogen-bond donors (Lipinski definition) is 1. The molecule has 0 saturated heterocycles. The SMILES string of the molecule is C=CC(c1ccc(C)cc1)S(=O)(=O)n1cc(Br)cc1[C@@H](N)CC. The maximum absolute atomic E-state index is 13.1. The number of halogens is 1. The van der Waals surface area contributed by atoms with Crippen molar-refractivity contribution in [3.05, 3.63) is 70.5 Å². The van der Waals surface area contributed by atoms with Gasteiger partial charge in [-0.25, -0.2) is 12.4 Å². The lowest BCUT2D eigenvalue weighted by Gasteiger charge is -2.19. The van der Waals surface area contributed by atoms with E-state index in [1.54, 1.807) is 12.3 Å². The van der Waals surface area contributed by atoms with E-state index in [1.165, 1.54) is 10.0 Å². The second-order valence-corrected chi connectivity index (χ2v) is 8.35. The Labute approximate surface area is 146 Å². The standard InChI is InChI=1S/C17H21BrN2O2S/c1-4-15(19)16-10-14(18)11-20(16)23(21,22)17(5-2)13-8-6-12(3)7-9-13/h5-11,15,17H,2,4,19H2,1,3H3/t15-,17?/m0/s1. The van der Waals surface area contributed by atoms with Gasteiger partial charge in [-0.1, -0.05) is 42.8 Å². The molecule has 0 radical (unpaired) electrons. The first-order valence-electron chi connectivity index (χ1n) is 7.38. The first kappa shape index (κ1) is 18.0. The lowest BCUT2D eigenvalue weighted by Crippen LogP contribution is -2.24.